The average molecular weight is 200 g/mol. The molecule has 84 valence electrons. The molecular weight excluding hydrogens is 176 g/mol. The lowest BCUT2D eigenvalue weighted by molar-refractivity contribution is 0.000785. The van der Waals surface area contributed by atoms with Crippen LogP contribution in [0.2, 0.25) is 0 Å². The lowest BCUT2D eigenvalue weighted by Crippen LogP contribution is -2.27. The van der Waals surface area contributed by atoms with Crippen molar-refractivity contribution in [1.29, 1.82) is 0 Å². The van der Waals surface area contributed by atoms with Crippen LogP contribution in [0.15, 0.2) is 12.7 Å². The van der Waals surface area contributed by atoms with E-state index in [4.69, 9.17) is 9.47 Å². The highest BCUT2D eigenvalue weighted by Gasteiger charge is 2.21. The third-order valence-electron chi connectivity index (χ3n) is 2.90. The summed E-state index contributed by atoms with van der Waals surface area (Å²) in [4.78, 5) is 0. The third-order valence-corrected chi connectivity index (χ3v) is 2.90. The average Bonchev–Trinajstić information content (AvgIpc) is 2.17. The van der Waals surface area contributed by atoms with Gasteiger partial charge in [-0.25, -0.2) is 0 Å². The maximum absolute atomic E-state index is 5.38. The Bertz CT molecular complexity index is 175. The molecule has 0 heterocycles. The van der Waals surface area contributed by atoms with Crippen molar-refractivity contribution >= 4 is 0 Å². The van der Waals surface area contributed by atoms with Crippen LogP contribution in [0.25, 0.3) is 0 Å². The van der Waals surface area contributed by atoms with Gasteiger partial charge in [0.15, 0.2) is 0 Å². The number of rotatable bonds is 7. The van der Waals surface area contributed by atoms with Crippen molar-refractivity contribution in [2.45, 2.75) is 51.2 Å². The Kier molecular flexibility index (Phi) is 5.38. The van der Waals surface area contributed by atoms with E-state index >= 15 is 0 Å². The zero-order chi connectivity index (χ0) is 11.2. The monoisotopic (exact) mass is 200 g/mol. The van der Waals surface area contributed by atoms with Crippen molar-refractivity contribution in [2.75, 3.05) is 14.2 Å². The van der Waals surface area contributed by atoms with E-state index in [0.29, 0.717) is 0 Å². The summed E-state index contributed by atoms with van der Waals surface area (Å²) in [7, 11) is 3.48. The summed E-state index contributed by atoms with van der Waals surface area (Å²) in [5.74, 6) is 0. The number of methoxy groups -OCH3 is 2. The van der Waals surface area contributed by atoms with Gasteiger partial charge >= 0.3 is 0 Å². The second-order valence-corrected chi connectivity index (χ2v) is 4.54. The van der Waals surface area contributed by atoms with Crippen LogP contribution in [0.1, 0.15) is 40.0 Å². The Hall–Kier alpha value is -0.340. The Morgan fingerprint density at radius 3 is 2.00 bits per heavy atom. The Morgan fingerprint density at radius 2 is 1.64 bits per heavy atom. The fourth-order valence-electron chi connectivity index (χ4n) is 1.25. The first-order valence-corrected chi connectivity index (χ1v) is 5.13. The highest BCUT2D eigenvalue weighted by molar-refractivity contribution is 4.93. The maximum Gasteiger partial charge on any atom is 0.0828 e. The van der Waals surface area contributed by atoms with Gasteiger partial charge in [0.05, 0.1) is 11.2 Å². The van der Waals surface area contributed by atoms with Crippen LogP contribution in [0, 0.1) is 0 Å². The van der Waals surface area contributed by atoms with Crippen molar-refractivity contribution in [3.63, 3.8) is 0 Å². The SMILES string of the molecule is C=CC(C)(CCCC(C)(C)OC)OC. The molecule has 2 nitrogen and oxygen atoms in total. The Labute approximate surface area is 88.3 Å². The van der Waals surface area contributed by atoms with E-state index in [1.54, 1.807) is 14.2 Å². The topological polar surface area (TPSA) is 18.5 Å². The molecule has 0 aliphatic carbocycles. The van der Waals surface area contributed by atoms with Gasteiger partial charge in [-0.05, 0) is 40.0 Å². The van der Waals surface area contributed by atoms with Gasteiger partial charge in [0.2, 0.25) is 0 Å². The first kappa shape index (κ1) is 13.7. The molecule has 1 atom stereocenters. The summed E-state index contributed by atoms with van der Waals surface area (Å²) in [6, 6.07) is 0. The second-order valence-electron chi connectivity index (χ2n) is 4.54. The minimum absolute atomic E-state index is 0.0319. The largest absolute Gasteiger partial charge is 0.379 e. The van der Waals surface area contributed by atoms with E-state index in [1.807, 2.05) is 6.08 Å². The smallest absolute Gasteiger partial charge is 0.0828 e. The number of ether oxygens (including phenoxy) is 2. The molecule has 0 amide bonds. The molecule has 0 aromatic rings. The van der Waals surface area contributed by atoms with Crippen molar-refractivity contribution in [1.82, 2.24) is 0 Å². The first-order chi connectivity index (χ1) is 6.39. The Morgan fingerprint density at radius 1 is 1.07 bits per heavy atom. The molecule has 0 aliphatic rings. The molecule has 0 saturated carbocycles. The molecule has 1 unspecified atom stereocenters. The van der Waals surface area contributed by atoms with Crippen LogP contribution in [0.3, 0.4) is 0 Å². The molecule has 0 saturated heterocycles. The zero-order valence-electron chi connectivity index (χ0n) is 10.2. The highest BCUT2D eigenvalue weighted by Crippen LogP contribution is 2.23. The zero-order valence-corrected chi connectivity index (χ0v) is 10.2. The van der Waals surface area contributed by atoms with E-state index in [2.05, 4.69) is 27.4 Å². The first-order valence-electron chi connectivity index (χ1n) is 5.13. The van der Waals surface area contributed by atoms with E-state index in [-0.39, 0.29) is 11.2 Å². The van der Waals surface area contributed by atoms with Gasteiger partial charge in [-0.2, -0.15) is 0 Å². The molecule has 0 aromatic carbocycles. The van der Waals surface area contributed by atoms with Gasteiger partial charge in [-0.3, -0.25) is 0 Å². The number of hydrogen-bond donors (Lipinski definition) is 0. The molecular formula is C12H24O2. The van der Waals surface area contributed by atoms with Crippen molar-refractivity contribution in [2.24, 2.45) is 0 Å². The van der Waals surface area contributed by atoms with E-state index in [0.717, 1.165) is 19.3 Å². The molecule has 14 heavy (non-hydrogen) atoms. The van der Waals surface area contributed by atoms with Gasteiger partial charge in [0.1, 0.15) is 0 Å². The minimum Gasteiger partial charge on any atom is -0.379 e. The molecule has 0 aliphatic heterocycles. The summed E-state index contributed by atoms with van der Waals surface area (Å²) in [6.07, 6.45) is 4.97. The van der Waals surface area contributed by atoms with Gasteiger partial charge in [0.25, 0.3) is 0 Å². The van der Waals surface area contributed by atoms with E-state index < -0.39 is 0 Å². The van der Waals surface area contributed by atoms with Crippen LogP contribution in [0.5, 0.6) is 0 Å². The normalized spacial score (nSPS) is 16.4. The van der Waals surface area contributed by atoms with Crippen LogP contribution in [-0.4, -0.2) is 25.4 Å². The van der Waals surface area contributed by atoms with Crippen LogP contribution in [0.4, 0.5) is 0 Å². The van der Waals surface area contributed by atoms with Gasteiger partial charge in [0, 0.05) is 14.2 Å². The summed E-state index contributed by atoms with van der Waals surface area (Å²) in [5.41, 5.74) is -0.223. The lowest BCUT2D eigenvalue weighted by Gasteiger charge is -2.27. The standard InChI is InChI=1S/C12H24O2/c1-7-12(4,14-6)10-8-9-11(2,3)13-5/h7H,1,8-10H2,2-6H3. The molecule has 2 heteroatoms. The summed E-state index contributed by atoms with van der Waals surface area (Å²) in [5, 5.41) is 0. The predicted octanol–water partition coefficient (Wildman–Crippen LogP) is 3.17. The predicted molar refractivity (Wildman–Crippen MR) is 60.6 cm³/mol. The summed E-state index contributed by atoms with van der Waals surface area (Å²) < 4.78 is 10.7. The number of hydrogen-bond acceptors (Lipinski definition) is 2. The van der Waals surface area contributed by atoms with Crippen molar-refractivity contribution < 1.29 is 9.47 Å². The minimum atomic E-state index is -0.191. The third kappa shape index (κ3) is 4.77. The van der Waals surface area contributed by atoms with Crippen LogP contribution < -0.4 is 0 Å². The second kappa shape index (κ2) is 5.52. The fourth-order valence-corrected chi connectivity index (χ4v) is 1.25. The van der Waals surface area contributed by atoms with Crippen molar-refractivity contribution in [3.05, 3.63) is 12.7 Å². The van der Waals surface area contributed by atoms with Crippen LogP contribution >= 0.6 is 0 Å². The molecule has 0 aromatic heterocycles. The quantitative estimate of drug-likeness (QED) is 0.588. The van der Waals surface area contributed by atoms with E-state index in [1.165, 1.54) is 0 Å². The van der Waals surface area contributed by atoms with Crippen LogP contribution in [-0.2, 0) is 9.47 Å². The molecule has 0 radical (unpaired) electrons. The highest BCUT2D eigenvalue weighted by atomic mass is 16.5. The molecule has 0 spiro atoms. The molecule has 0 rings (SSSR count). The van der Waals surface area contributed by atoms with E-state index in [9.17, 15) is 0 Å². The summed E-state index contributed by atoms with van der Waals surface area (Å²) >= 11 is 0. The van der Waals surface area contributed by atoms with Gasteiger partial charge < -0.3 is 9.47 Å². The molecule has 0 fully saturated rings. The van der Waals surface area contributed by atoms with Gasteiger partial charge in [-0.15, -0.1) is 6.58 Å². The fraction of sp³-hybridized carbons (Fsp3) is 0.833. The Balaban J connectivity index is 3.89. The molecule has 0 N–H and O–H groups in total. The van der Waals surface area contributed by atoms with Crippen molar-refractivity contribution in [3.8, 4) is 0 Å². The lowest BCUT2D eigenvalue weighted by atomic mass is 9.94. The molecule has 0 bridgehead atoms. The van der Waals surface area contributed by atoms with Gasteiger partial charge in [-0.1, -0.05) is 6.08 Å². The maximum atomic E-state index is 5.38. The summed E-state index contributed by atoms with van der Waals surface area (Å²) in [6.45, 7) is 10.0.